The monoisotopic (exact) mass is 512 g/mol. The van der Waals surface area contributed by atoms with Crippen molar-refractivity contribution in [1.82, 2.24) is 4.90 Å². The molecule has 27 heavy (non-hydrogen) atoms. The molecule has 2 aromatic carbocycles. The molecule has 0 heterocycles. The molecule has 2 rings (SSSR count). The summed E-state index contributed by atoms with van der Waals surface area (Å²) in [5.41, 5.74) is 6.98. The predicted molar refractivity (Wildman–Crippen MR) is 109 cm³/mol. The quantitative estimate of drug-likeness (QED) is 0.497. The Balaban J connectivity index is 0.00000364. The lowest BCUT2D eigenvalue weighted by molar-refractivity contribution is 0.0795. The van der Waals surface area contributed by atoms with Crippen molar-refractivity contribution >= 4 is 41.1 Å². The summed E-state index contributed by atoms with van der Waals surface area (Å²) in [6.07, 6.45) is -2.35. The Hall–Kier alpha value is -1.49. The van der Waals surface area contributed by atoms with Crippen molar-refractivity contribution < 1.29 is 23.8 Å². The van der Waals surface area contributed by atoms with Crippen molar-refractivity contribution in [3.8, 4) is 0 Å². The fourth-order valence-corrected chi connectivity index (χ4v) is 3.17. The fourth-order valence-electron chi connectivity index (χ4n) is 2.56. The first-order valence-electron chi connectivity index (χ1n) is 7.85. The van der Waals surface area contributed by atoms with E-state index >= 15 is 0 Å². The van der Waals surface area contributed by atoms with Crippen molar-refractivity contribution in [1.29, 1.82) is 0 Å². The Morgan fingerprint density at radius 3 is 2.33 bits per heavy atom. The van der Waals surface area contributed by atoms with E-state index in [1.807, 2.05) is 18.2 Å². The highest BCUT2D eigenvalue weighted by atomic mass is 127. The summed E-state index contributed by atoms with van der Waals surface area (Å²) in [4.78, 5) is 12.5. The number of carboxylic acid groups (broad SMARTS) is 1. The second kappa shape index (κ2) is 10.7. The molecule has 0 unspecified atom stereocenters. The standard InChI is InChI=1S/C18H19F2IN2O3.ClH/c19-13-4-12(5-14(20)8-13)7-16(22)17(24)10-23(18(25)26)9-11-2-1-3-15(21)6-11;/h1-6,8,16-17,24H,7,9-10,22H2,(H,25,26);1H/t16-,17+;/m0./s1. The van der Waals surface area contributed by atoms with Gasteiger partial charge < -0.3 is 20.8 Å². The van der Waals surface area contributed by atoms with Gasteiger partial charge in [0, 0.05) is 22.2 Å². The van der Waals surface area contributed by atoms with E-state index in [1.165, 1.54) is 0 Å². The molecule has 0 aliphatic heterocycles. The Morgan fingerprint density at radius 1 is 1.15 bits per heavy atom. The second-order valence-electron chi connectivity index (χ2n) is 6.01. The minimum Gasteiger partial charge on any atom is -0.465 e. The number of hydrogen-bond acceptors (Lipinski definition) is 3. The molecule has 0 bridgehead atoms. The Kier molecular flexibility index (Phi) is 9.37. The lowest BCUT2D eigenvalue weighted by Crippen LogP contribution is -2.46. The normalized spacial score (nSPS) is 12.8. The first kappa shape index (κ1) is 23.5. The average molecular weight is 513 g/mol. The molecule has 0 saturated heterocycles. The maximum Gasteiger partial charge on any atom is 0.407 e. The van der Waals surface area contributed by atoms with E-state index in [9.17, 15) is 23.8 Å². The van der Waals surface area contributed by atoms with Gasteiger partial charge in [-0.1, -0.05) is 12.1 Å². The van der Waals surface area contributed by atoms with Gasteiger partial charge in [-0.2, -0.15) is 0 Å². The van der Waals surface area contributed by atoms with Crippen LogP contribution in [0.5, 0.6) is 0 Å². The zero-order chi connectivity index (χ0) is 19.3. The summed E-state index contributed by atoms with van der Waals surface area (Å²) >= 11 is 2.13. The van der Waals surface area contributed by atoms with Crippen LogP contribution >= 0.6 is 35.0 Å². The van der Waals surface area contributed by atoms with Crippen molar-refractivity contribution in [2.24, 2.45) is 5.73 Å². The highest BCUT2D eigenvalue weighted by molar-refractivity contribution is 14.1. The summed E-state index contributed by atoms with van der Waals surface area (Å²) in [7, 11) is 0. The maximum absolute atomic E-state index is 13.2. The zero-order valence-electron chi connectivity index (χ0n) is 14.2. The van der Waals surface area contributed by atoms with Gasteiger partial charge in [-0.05, 0) is 64.4 Å². The summed E-state index contributed by atoms with van der Waals surface area (Å²) in [6, 6.07) is 9.49. The minimum absolute atomic E-state index is 0. The number of aliphatic hydroxyl groups is 1. The predicted octanol–water partition coefficient (Wildman–Crippen LogP) is 3.40. The van der Waals surface area contributed by atoms with Crippen LogP contribution in [-0.4, -0.2) is 39.9 Å². The van der Waals surface area contributed by atoms with Crippen LogP contribution in [0.25, 0.3) is 0 Å². The van der Waals surface area contributed by atoms with Gasteiger partial charge in [0.1, 0.15) is 11.6 Å². The molecule has 148 valence electrons. The van der Waals surface area contributed by atoms with Crippen molar-refractivity contribution in [2.45, 2.75) is 25.1 Å². The number of nitrogens with zero attached hydrogens (tertiary/aromatic N) is 1. The van der Waals surface area contributed by atoms with Gasteiger partial charge in [0.2, 0.25) is 0 Å². The molecular weight excluding hydrogens is 493 g/mol. The van der Waals surface area contributed by atoms with E-state index < -0.39 is 29.9 Å². The number of carbonyl (C=O) groups is 1. The van der Waals surface area contributed by atoms with Crippen LogP contribution in [0.3, 0.4) is 0 Å². The maximum atomic E-state index is 13.2. The number of nitrogens with two attached hydrogens (primary N) is 1. The van der Waals surface area contributed by atoms with E-state index in [0.29, 0.717) is 5.56 Å². The smallest absolute Gasteiger partial charge is 0.407 e. The molecule has 2 atom stereocenters. The number of hydrogen-bond donors (Lipinski definition) is 3. The summed E-state index contributed by atoms with van der Waals surface area (Å²) in [5.74, 6) is -1.46. The zero-order valence-corrected chi connectivity index (χ0v) is 17.2. The van der Waals surface area contributed by atoms with Crippen LogP contribution in [0.4, 0.5) is 13.6 Å². The molecule has 5 nitrogen and oxygen atoms in total. The van der Waals surface area contributed by atoms with Gasteiger partial charge >= 0.3 is 6.09 Å². The number of halogens is 4. The van der Waals surface area contributed by atoms with Gasteiger partial charge in [0.05, 0.1) is 12.6 Å². The topological polar surface area (TPSA) is 86.8 Å². The molecule has 9 heteroatoms. The average Bonchev–Trinajstić information content (AvgIpc) is 2.53. The van der Waals surface area contributed by atoms with Crippen LogP contribution in [0.2, 0.25) is 0 Å². The van der Waals surface area contributed by atoms with Gasteiger partial charge in [-0.15, -0.1) is 12.4 Å². The van der Waals surface area contributed by atoms with Gasteiger partial charge in [-0.25, -0.2) is 13.6 Å². The molecule has 0 aliphatic carbocycles. The number of aliphatic hydroxyl groups excluding tert-OH is 1. The molecular formula is C18H20ClF2IN2O3. The Labute approximate surface area is 175 Å². The van der Waals surface area contributed by atoms with Crippen LogP contribution in [0.15, 0.2) is 42.5 Å². The first-order valence-corrected chi connectivity index (χ1v) is 8.93. The lowest BCUT2D eigenvalue weighted by Gasteiger charge is -2.26. The molecule has 0 radical (unpaired) electrons. The van der Waals surface area contributed by atoms with Crippen LogP contribution in [-0.2, 0) is 13.0 Å². The third-order valence-corrected chi connectivity index (χ3v) is 4.50. The third-order valence-electron chi connectivity index (χ3n) is 3.83. The van der Waals surface area contributed by atoms with Crippen LogP contribution < -0.4 is 5.73 Å². The Bertz CT molecular complexity index is 762. The highest BCUT2D eigenvalue weighted by Crippen LogP contribution is 2.14. The third kappa shape index (κ3) is 7.57. The highest BCUT2D eigenvalue weighted by Gasteiger charge is 2.22. The number of rotatable bonds is 7. The SMILES string of the molecule is Cl.N[C@@H](Cc1cc(F)cc(F)c1)[C@H](O)CN(Cc1cccc(I)c1)C(=O)O. The van der Waals surface area contributed by atoms with Crippen molar-refractivity contribution in [2.75, 3.05) is 6.54 Å². The van der Waals surface area contributed by atoms with Crippen LogP contribution in [0, 0.1) is 15.2 Å². The van der Waals surface area contributed by atoms with E-state index in [2.05, 4.69) is 22.6 Å². The van der Waals surface area contributed by atoms with E-state index in [0.717, 1.165) is 32.2 Å². The molecule has 0 saturated carbocycles. The number of benzene rings is 2. The molecule has 1 amide bonds. The fraction of sp³-hybridized carbons (Fsp3) is 0.278. The summed E-state index contributed by atoms with van der Waals surface area (Å²) in [5, 5.41) is 19.6. The molecule has 4 N–H and O–H groups in total. The lowest BCUT2D eigenvalue weighted by atomic mass is 10.0. The van der Waals surface area contributed by atoms with Gasteiger partial charge in [-0.3, -0.25) is 0 Å². The van der Waals surface area contributed by atoms with E-state index in [-0.39, 0.29) is 31.9 Å². The summed E-state index contributed by atoms with van der Waals surface area (Å²) < 4.78 is 27.4. The molecule has 2 aromatic rings. The van der Waals surface area contributed by atoms with Crippen molar-refractivity contribution in [3.63, 3.8) is 0 Å². The van der Waals surface area contributed by atoms with E-state index in [4.69, 9.17) is 5.73 Å². The Morgan fingerprint density at radius 2 is 1.78 bits per heavy atom. The number of amides is 1. The van der Waals surface area contributed by atoms with Gasteiger partial charge in [0.25, 0.3) is 0 Å². The minimum atomic E-state index is -1.19. The van der Waals surface area contributed by atoms with Crippen molar-refractivity contribution in [3.05, 3.63) is 68.8 Å². The largest absolute Gasteiger partial charge is 0.465 e. The molecule has 0 spiro atoms. The van der Waals surface area contributed by atoms with E-state index in [1.54, 1.807) is 6.07 Å². The second-order valence-corrected chi connectivity index (χ2v) is 7.25. The summed E-state index contributed by atoms with van der Waals surface area (Å²) in [6.45, 7) is -0.107. The van der Waals surface area contributed by atoms with Crippen LogP contribution in [0.1, 0.15) is 11.1 Å². The van der Waals surface area contributed by atoms with Gasteiger partial charge in [0.15, 0.2) is 0 Å². The molecule has 0 fully saturated rings. The molecule has 0 aliphatic rings. The molecule has 0 aromatic heterocycles. The first-order chi connectivity index (χ1) is 12.2.